The summed E-state index contributed by atoms with van der Waals surface area (Å²) in [6.07, 6.45) is 1.40. The maximum atomic E-state index is 12.4. The lowest BCUT2D eigenvalue weighted by Gasteiger charge is -2.13. The molecule has 0 aliphatic carbocycles. The molecular weight excluding hydrogens is 416 g/mol. The van der Waals surface area contributed by atoms with E-state index in [-0.39, 0.29) is 22.9 Å². The standard InChI is InChI=1S/C22H22N4O6/c1-13(27)32-21-19(30-3)9-14(10-20(21)31-4)12-23-26-22(28)18-11-17(24-25-18)15-5-7-16(29-2)8-6-15/h5-12H,1-4H3,(H,24,25)(H,26,28)/b23-12+. The van der Waals surface area contributed by atoms with Gasteiger partial charge in [-0.25, -0.2) is 5.43 Å². The minimum absolute atomic E-state index is 0.159. The second kappa shape index (κ2) is 10.1. The number of rotatable bonds is 8. The highest BCUT2D eigenvalue weighted by atomic mass is 16.6. The van der Waals surface area contributed by atoms with Crippen molar-refractivity contribution < 1.29 is 28.5 Å². The van der Waals surface area contributed by atoms with E-state index in [0.717, 1.165) is 11.3 Å². The van der Waals surface area contributed by atoms with Gasteiger partial charge in [0, 0.05) is 18.1 Å². The van der Waals surface area contributed by atoms with E-state index in [1.54, 1.807) is 25.3 Å². The summed E-state index contributed by atoms with van der Waals surface area (Å²) in [6, 6.07) is 12.1. The highest BCUT2D eigenvalue weighted by Crippen LogP contribution is 2.38. The van der Waals surface area contributed by atoms with Crippen molar-refractivity contribution in [3.8, 4) is 34.3 Å². The van der Waals surface area contributed by atoms with Gasteiger partial charge >= 0.3 is 5.97 Å². The van der Waals surface area contributed by atoms with E-state index < -0.39 is 11.9 Å². The molecule has 0 saturated carbocycles. The normalized spacial score (nSPS) is 10.6. The molecule has 0 aliphatic rings. The summed E-state index contributed by atoms with van der Waals surface area (Å²) in [4.78, 5) is 23.7. The predicted octanol–water partition coefficient (Wildman–Crippen LogP) is 2.79. The molecule has 10 heteroatoms. The molecule has 10 nitrogen and oxygen atoms in total. The van der Waals surface area contributed by atoms with Crippen LogP contribution in [0.4, 0.5) is 0 Å². The van der Waals surface area contributed by atoms with Crippen molar-refractivity contribution in [1.82, 2.24) is 15.6 Å². The van der Waals surface area contributed by atoms with Crippen molar-refractivity contribution >= 4 is 18.1 Å². The summed E-state index contributed by atoms with van der Waals surface area (Å²) in [5.41, 5.74) is 4.66. The molecule has 0 fully saturated rings. The van der Waals surface area contributed by atoms with Gasteiger partial charge in [-0.2, -0.15) is 10.2 Å². The molecule has 1 amide bonds. The number of amides is 1. The maximum Gasteiger partial charge on any atom is 0.308 e. The van der Waals surface area contributed by atoms with E-state index in [0.29, 0.717) is 11.3 Å². The first-order valence-corrected chi connectivity index (χ1v) is 9.42. The average molecular weight is 438 g/mol. The van der Waals surface area contributed by atoms with Crippen LogP contribution in [0.5, 0.6) is 23.0 Å². The fourth-order valence-electron chi connectivity index (χ4n) is 2.79. The summed E-state index contributed by atoms with van der Waals surface area (Å²) < 4.78 is 20.8. The third-order valence-corrected chi connectivity index (χ3v) is 4.32. The molecule has 0 unspecified atom stereocenters. The number of benzene rings is 2. The first kappa shape index (κ1) is 22.3. The summed E-state index contributed by atoms with van der Waals surface area (Å²) in [7, 11) is 4.46. The molecule has 0 radical (unpaired) electrons. The fraction of sp³-hybridized carbons (Fsp3) is 0.182. The lowest BCUT2D eigenvalue weighted by molar-refractivity contribution is -0.132. The van der Waals surface area contributed by atoms with Gasteiger partial charge in [-0.1, -0.05) is 0 Å². The lowest BCUT2D eigenvalue weighted by Crippen LogP contribution is -2.18. The van der Waals surface area contributed by atoms with E-state index in [1.807, 2.05) is 24.3 Å². The van der Waals surface area contributed by atoms with Crippen molar-refractivity contribution in [2.45, 2.75) is 6.92 Å². The smallest absolute Gasteiger partial charge is 0.308 e. The first-order chi connectivity index (χ1) is 15.4. The molecule has 0 atom stereocenters. The Kier molecular flexibility index (Phi) is 7.06. The van der Waals surface area contributed by atoms with Gasteiger partial charge in [0.2, 0.25) is 5.75 Å². The first-order valence-electron chi connectivity index (χ1n) is 9.42. The number of nitrogens with zero attached hydrogens (tertiary/aromatic N) is 2. The largest absolute Gasteiger partial charge is 0.497 e. The van der Waals surface area contributed by atoms with E-state index in [1.165, 1.54) is 27.4 Å². The van der Waals surface area contributed by atoms with Crippen LogP contribution in [0.2, 0.25) is 0 Å². The molecule has 1 heterocycles. The highest BCUT2D eigenvalue weighted by molar-refractivity contribution is 5.94. The summed E-state index contributed by atoms with van der Waals surface area (Å²) in [6.45, 7) is 1.28. The topological polar surface area (TPSA) is 124 Å². The molecule has 0 saturated heterocycles. The molecule has 2 N–H and O–H groups in total. The van der Waals surface area contributed by atoms with E-state index in [2.05, 4.69) is 20.7 Å². The quantitative estimate of drug-likeness (QED) is 0.240. The number of hydrazone groups is 1. The number of methoxy groups -OCH3 is 3. The number of ether oxygens (including phenoxy) is 4. The number of esters is 1. The Morgan fingerprint density at radius 1 is 1.00 bits per heavy atom. The Morgan fingerprint density at radius 2 is 1.66 bits per heavy atom. The molecule has 3 aromatic rings. The zero-order valence-corrected chi connectivity index (χ0v) is 18.0. The second-order valence-electron chi connectivity index (χ2n) is 6.44. The summed E-state index contributed by atoms with van der Waals surface area (Å²) in [5, 5.41) is 10.8. The molecule has 3 rings (SSSR count). The van der Waals surface area contributed by atoms with Gasteiger partial charge in [-0.15, -0.1) is 0 Å². The Hall–Kier alpha value is -4.34. The van der Waals surface area contributed by atoms with E-state index >= 15 is 0 Å². The molecule has 0 bridgehead atoms. The minimum Gasteiger partial charge on any atom is -0.497 e. The monoisotopic (exact) mass is 438 g/mol. The van der Waals surface area contributed by atoms with Crippen LogP contribution in [0.25, 0.3) is 11.3 Å². The van der Waals surface area contributed by atoms with Gasteiger partial charge in [-0.05, 0) is 42.5 Å². The number of nitrogens with one attached hydrogen (secondary N) is 2. The van der Waals surface area contributed by atoms with Crippen molar-refractivity contribution in [3.63, 3.8) is 0 Å². The Balaban J connectivity index is 1.71. The number of carbonyl (C=O) groups excluding carboxylic acids is 2. The number of aromatic nitrogens is 2. The summed E-state index contributed by atoms with van der Waals surface area (Å²) >= 11 is 0. The van der Waals surface area contributed by atoms with Gasteiger partial charge in [-0.3, -0.25) is 14.7 Å². The predicted molar refractivity (Wildman–Crippen MR) is 116 cm³/mol. The highest BCUT2D eigenvalue weighted by Gasteiger charge is 2.16. The fourth-order valence-corrected chi connectivity index (χ4v) is 2.79. The van der Waals surface area contributed by atoms with Crippen LogP contribution in [0.15, 0.2) is 47.6 Å². The van der Waals surface area contributed by atoms with Gasteiger partial charge in [0.15, 0.2) is 11.5 Å². The summed E-state index contributed by atoms with van der Waals surface area (Å²) in [5.74, 6) is 0.473. The molecule has 0 aliphatic heterocycles. The zero-order valence-electron chi connectivity index (χ0n) is 18.0. The Labute approximate surface area is 184 Å². The zero-order chi connectivity index (χ0) is 23.1. The van der Waals surface area contributed by atoms with Gasteiger partial charge in [0.05, 0.1) is 33.2 Å². The van der Waals surface area contributed by atoms with Gasteiger partial charge in [0.1, 0.15) is 11.4 Å². The number of hydrogen-bond acceptors (Lipinski definition) is 8. The third kappa shape index (κ3) is 5.22. The van der Waals surface area contributed by atoms with Crippen LogP contribution >= 0.6 is 0 Å². The van der Waals surface area contributed by atoms with Crippen LogP contribution in [0.1, 0.15) is 23.0 Å². The van der Waals surface area contributed by atoms with Crippen molar-refractivity contribution in [2.24, 2.45) is 5.10 Å². The van der Waals surface area contributed by atoms with Crippen molar-refractivity contribution in [3.05, 3.63) is 53.7 Å². The number of H-pyrrole nitrogens is 1. The maximum absolute atomic E-state index is 12.4. The molecule has 1 aromatic heterocycles. The van der Waals surface area contributed by atoms with Gasteiger partial charge < -0.3 is 18.9 Å². The Bertz CT molecular complexity index is 1110. The van der Waals surface area contributed by atoms with Gasteiger partial charge in [0.25, 0.3) is 5.91 Å². The van der Waals surface area contributed by atoms with Crippen molar-refractivity contribution in [2.75, 3.05) is 21.3 Å². The van der Waals surface area contributed by atoms with E-state index in [9.17, 15) is 9.59 Å². The Morgan fingerprint density at radius 3 is 2.22 bits per heavy atom. The molecule has 0 spiro atoms. The minimum atomic E-state index is -0.510. The van der Waals surface area contributed by atoms with Crippen LogP contribution in [0, 0.1) is 0 Å². The second-order valence-corrected chi connectivity index (χ2v) is 6.44. The average Bonchev–Trinajstić information content (AvgIpc) is 3.29. The molecule has 32 heavy (non-hydrogen) atoms. The molecule has 166 valence electrons. The lowest BCUT2D eigenvalue weighted by atomic mass is 10.1. The third-order valence-electron chi connectivity index (χ3n) is 4.32. The van der Waals surface area contributed by atoms with Crippen LogP contribution in [0.3, 0.4) is 0 Å². The van der Waals surface area contributed by atoms with Crippen LogP contribution in [-0.4, -0.2) is 49.6 Å². The van der Waals surface area contributed by atoms with E-state index in [4.69, 9.17) is 18.9 Å². The number of hydrogen-bond donors (Lipinski definition) is 2. The van der Waals surface area contributed by atoms with Crippen molar-refractivity contribution in [1.29, 1.82) is 0 Å². The van der Waals surface area contributed by atoms with Crippen LogP contribution in [-0.2, 0) is 4.79 Å². The molecular formula is C22H22N4O6. The van der Waals surface area contributed by atoms with Crippen LogP contribution < -0.4 is 24.4 Å². The number of aromatic amines is 1. The SMILES string of the molecule is COc1ccc(-c2cc(C(=O)N/N=C/c3cc(OC)c(OC(C)=O)c(OC)c3)[nH]n2)cc1. The number of carbonyl (C=O) groups is 2. The molecule has 2 aromatic carbocycles.